The van der Waals surface area contributed by atoms with Crippen LogP contribution in [0.5, 0.6) is 0 Å². The molecule has 2 atom stereocenters. The Labute approximate surface area is 105 Å². The number of hydrogen-bond acceptors (Lipinski definition) is 2. The van der Waals surface area contributed by atoms with E-state index in [0.29, 0.717) is 6.04 Å². The van der Waals surface area contributed by atoms with Gasteiger partial charge in [-0.05, 0) is 57.4 Å². The van der Waals surface area contributed by atoms with Gasteiger partial charge in [0.05, 0.1) is 0 Å². The van der Waals surface area contributed by atoms with Crippen LogP contribution in [0.25, 0.3) is 0 Å². The first-order valence-electron chi connectivity index (χ1n) is 6.68. The maximum absolute atomic E-state index is 3.34. The minimum absolute atomic E-state index is 0.637. The van der Waals surface area contributed by atoms with Crippen molar-refractivity contribution in [2.24, 2.45) is 5.92 Å². The summed E-state index contributed by atoms with van der Waals surface area (Å²) >= 11 is 0. The molecule has 0 saturated carbocycles. The zero-order chi connectivity index (χ0) is 12.3. The van der Waals surface area contributed by atoms with E-state index in [2.05, 4.69) is 55.4 Å². The highest BCUT2D eigenvalue weighted by Gasteiger charge is 2.23. The predicted molar refractivity (Wildman–Crippen MR) is 74.6 cm³/mol. The largest absolute Gasteiger partial charge is 0.371 e. The Morgan fingerprint density at radius 3 is 3.00 bits per heavy atom. The van der Waals surface area contributed by atoms with Crippen LogP contribution in [0, 0.1) is 12.8 Å². The summed E-state index contributed by atoms with van der Waals surface area (Å²) in [5.74, 6) is 0.845. The van der Waals surface area contributed by atoms with Crippen LogP contribution in [0.2, 0.25) is 0 Å². The van der Waals surface area contributed by atoms with Crippen molar-refractivity contribution in [1.82, 2.24) is 5.32 Å². The van der Waals surface area contributed by atoms with Crippen LogP contribution in [-0.2, 0) is 0 Å². The maximum Gasteiger partial charge on any atom is 0.0368 e. The molecule has 0 aliphatic carbocycles. The lowest BCUT2D eigenvalue weighted by Gasteiger charge is -2.20. The molecular weight excluding hydrogens is 208 g/mol. The second-order valence-electron chi connectivity index (χ2n) is 5.37. The molecule has 1 saturated heterocycles. The normalized spacial score (nSPS) is 21.8. The lowest BCUT2D eigenvalue weighted by atomic mass is 10.0. The average Bonchev–Trinajstić information content (AvgIpc) is 2.77. The second kappa shape index (κ2) is 5.54. The molecule has 2 nitrogen and oxygen atoms in total. The van der Waals surface area contributed by atoms with Gasteiger partial charge in [-0.3, -0.25) is 0 Å². The quantitative estimate of drug-likeness (QED) is 0.858. The smallest absolute Gasteiger partial charge is 0.0368 e. The highest BCUT2D eigenvalue weighted by atomic mass is 15.1. The fourth-order valence-corrected chi connectivity index (χ4v) is 2.70. The van der Waals surface area contributed by atoms with E-state index in [1.807, 2.05) is 0 Å². The zero-order valence-corrected chi connectivity index (χ0v) is 11.2. The van der Waals surface area contributed by atoms with E-state index < -0.39 is 0 Å². The van der Waals surface area contributed by atoms with Crippen LogP contribution in [0.15, 0.2) is 24.3 Å². The van der Waals surface area contributed by atoms with Gasteiger partial charge >= 0.3 is 0 Å². The van der Waals surface area contributed by atoms with Crippen molar-refractivity contribution in [2.75, 3.05) is 25.0 Å². The van der Waals surface area contributed by atoms with Crippen molar-refractivity contribution in [3.05, 3.63) is 29.8 Å². The molecule has 0 radical (unpaired) electrons. The summed E-state index contributed by atoms with van der Waals surface area (Å²) in [5, 5.41) is 3.34. The van der Waals surface area contributed by atoms with Crippen LogP contribution in [0.1, 0.15) is 25.3 Å². The summed E-state index contributed by atoms with van der Waals surface area (Å²) in [6.07, 6.45) is 2.62. The van der Waals surface area contributed by atoms with Crippen LogP contribution in [0.4, 0.5) is 5.69 Å². The Hall–Kier alpha value is -1.02. The van der Waals surface area contributed by atoms with E-state index in [0.717, 1.165) is 5.92 Å². The molecule has 0 amide bonds. The van der Waals surface area contributed by atoms with Gasteiger partial charge in [-0.2, -0.15) is 0 Å². The van der Waals surface area contributed by atoms with Gasteiger partial charge in [-0.25, -0.2) is 0 Å². The molecule has 1 N–H and O–H groups in total. The summed E-state index contributed by atoms with van der Waals surface area (Å²) < 4.78 is 0. The summed E-state index contributed by atoms with van der Waals surface area (Å²) in [7, 11) is 2.05. The molecule has 1 aromatic carbocycles. The van der Waals surface area contributed by atoms with E-state index in [9.17, 15) is 0 Å². The number of nitrogens with one attached hydrogen (secondary N) is 1. The standard InChI is InChI=1S/C15H24N2/c1-12-5-4-6-15(9-12)17-8-7-14(11-17)10-13(2)16-3/h4-6,9,13-14,16H,7-8,10-11H2,1-3H3. The number of rotatable bonds is 4. The molecule has 2 rings (SSSR count). The minimum atomic E-state index is 0.637. The first-order valence-corrected chi connectivity index (χ1v) is 6.68. The SMILES string of the molecule is CNC(C)CC1CCN(c2cccc(C)c2)C1. The average molecular weight is 232 g/mol. The molecule has 2 heteroatoms. The molecule has 1 aliphatic rings. The lowest BCUT2D eigenvalue weighted by Crippen LogP contribution is -2.26. The highest BCUT2D eigenvalue weighted by molar-refractivity contribution is 5.49. The van der Waals surface area contributed by atoms with Crippen LogP contribution >= 0.6 is 0 Å². The first kappa shape index (κ1) is 12.4. The van der Waals surface area contributed by atoms with Gasteiger partial charge < -0.3 is 10.2 Å². The molecular formula is C15H24N2. The van der Waals surface area contributed by atoms with E-state index in [1.54, 1.807) is 0 Å². The Kier molecular flexibility index (Phi) is 4.06. The summed E-state index contributed by atoms with van der Waals surface area (Å²) in [5.41, 5.74) is 2.75. The molecule has 0 bridgehead atoms. The first-order chi connectivity index (χ1) is 8.19. The number of aryl methyl sites for hydroxylation is 1. The van der Waals surface area contributed by atoms with E-state index in [4.69, 9.17) is 0 Å². The van der Waals surface area contributed by atoms with Crippen molar-refractivity contribution >= 4 is 5.69 Å². The number of hydrogen-bond donors (Lipinski definition) is 1. The summed E-state index contributed by atoms with van der Waals surface area (Å²) in [4.78, 5) is 2.53. The highest BCUT2D eigenvalue weighted by Crippen LogP contribution is 2.26. The zero-order valence-electron chi connectivity index (χ0n) is 11.2. The maximum atomic E-state index is 3.34. The molecule has 17 heavy (non-hydrogen) atoms. The third-order valence-corrected chi connectivity index (χ3v) is 3.83. The third kappa shape index (κ3) is 3.22. The van der Waals surface area contributed by atoms with Gasteiger partial charge in [0, 0.05) is 24.8 Å². The second-order valence-corrected chi connectivity index (χ2v) is 5.37. The van der Waals surface area contributed by atoms with Crippen LogP contribution in [0.3, 0.4) is 0 Å². The topological polar surface area (TPSA) is 15.3 Å². The molecule has 2 unspecified atom stereocenters. The molecule has 1 aliphatic heterocycles. The van der Waals surface area contributed by atoms with E-state index in [1.165, 1.54) is 37.2 Å². The van der Waals surface area contributed by atoms with Gasteiger partial charge in [-0.15, -0.1) is 0 Å². The number of benzene rings is 1. The van der Waals surface area contributed by atoms with Gasteiger partial charge in [0.2, 0.25) is 0 Å². The fourth-order valence-electron chi connectivity index (χ4n) is 2.70. The Morgan fingerprint density at radius 2 is 2.29 bits per heavy atom. The van der Waals surface area contributed by atoms with E-state index >= 15 is 0 Å². The predicted octanol–water partition coefficient (Wildman–Crippen LogP) is 2.82. The summed E-state index contributed by atoms with van der Waals surface area (Å²) in [6, 6.07) is 9.49. The van der Waals surface area contributed by atoms with Gasteiger partial charge in [-0.1, -0.05) is 12.1 Å². The summed E-state index contributed by atoms with van der Waals surface area (Å²) in [6.45, 7) is 6.87. The Balaban J connectivity index is 1.93. The molecule has 1 heterocycles. The van der Waals surface area contributed by atoms with Crippen molar-refractivity contribution in [3.63, 3.8) is 0 Å². The Morgan fingerprint density at radius 1 is 1.47 bits per heavy atom. The van der Waals surface area contributed by atoms with Crippen molar-refractivity contribution in [1.29, 1.82) is 0 Å². The van der Waals surface area contributed by atoms with Crippen molar-refractivity contribution in [3.8, 4) is 0 Å². The molecule has 0 aromatic heterocycles. The third-order valence-electron chi connectivity index (χ3n) is 3.83. The van der Waals surface area contributed by atoms with E-state index in [-0.39, 0.29) is 0 Å². The molecule has 1 aromatic rings. The van der Waals surface area contributed by atoms with Crippen molar-refractivity contribution < 1.29 is 0 Å². The lowest BCUT2D eigenvalue weighted by molar-refractivity contribution is 0.444. The molecule has 94 valence electrons. The number of nitrogens with zero attached hydrogens (tertiary/aromatic N) is 1. The van der Waals surface area contributed by atoms with Gasteiger partial charge in [0.25, 0.3) is 0 Å². The molecule has 0 spiro atoms. The van der Waals surface area contributed by atoms with Crippen LogP contribution in [-0.4, -0.2) is 26.2 Å². The fraction of sp³-hybridized carbons (Fsp3) is 0.600. The van der Waals surface area contributed by atoms with Crippen molar-refractivity contribution in [2.45, 2.75) is 32.7 Å². The van der Waals surface area contributed by atoms with Gasteiger partial charge in [0.15, 0.2) is 0 Å². The van der Waals surface area contributed by atoms with Crippen LogP contribution < -0.4 is 10.2 Å². The molecule has 1 fully saturated rings. The van der Waals surface area contributed by atoms with Gasteiger partial charge in [0.1, 0.15) is 0 Å². The Bertz CT molecular complexity index is 362. The monoisotopic (exact) mass is 232 g/mol. The number of anilines is 1. The minimum Gasteiger partial charge on any atom is -0.371 e.